The van der Waals surface area contributed by atoms with Crippen LogP contribution in [0.3, 0.4) is 0 Å². The minimum absolute atomic E-state index is 0.222. The fourth-order valence-electron chi connectivity index (χ4n) is 2.33. The third-order valence-corrected chi connectivity index (χ3v) is 3.24. The first-order valence-electron chi connectivity index (χ1n) is 6.14. The van der Waals surface area contributed by atoms with Crippen LogP contribution < -0.4 is 5.32 Å². The Bertz CT molecular complexity index is 551. The lowest BCUT2D eigenvalue weighted by molar-refractivity contribution is 0.628. The lowest BCUT2D eigenvalue weighted by Gasteiger charge is -2.10. The van der Waals surface area contributed by atoms with Crippen LogP contribution in [0.4, 0.5) is 4.39 Å². The maximum Gasteiger partial charge on any atom is 0.123 e. The van der Waals surface area contributed by atoms with E-state index in [1.165, 1.54) is 17.7 Å². The van der Waals surface area contributed by atoms with E-state index in [0.29, 0.717) is 0 Å². The standard InChI is InChI=1S/C14H14FN3/c15-11-3-1-10(2-4-11)14-12-5-7-16-8-6-13(12)17-9-18-14/h1-4,9,16H,5-8H2. The monoisotopic (exact) mass is 243 g/mol. The second kappa shape index (κ2) is 4.82. The van der Waals surface area contributed by atoms with Crippen LogP contribution in [0.15, 0.2) is 30.6 Å². The topological polar surface area (TPSA) is 37.8 Å². The van der Waals surface area contributed by atoms with Gasteiger partial charge >= 0.3 is 0 Å². The molecule has 3 rings (SSSR count). The Morgan fingerprint density at radius 1 is 1.00 bits per heavy atom. The van der Waals surface area contributed by atoms with E-state index in [9.17, 15) is 4.39 Å². The van der Waals surface area contributed by atoms with Crippen molar-refractivity contribution in [3.8, 4) is 11.3 Å². The van der Waals surface area contributed by atoms with Crippen LogP contribution in [0.5, 0.6) is 0 Å². The number of nitrogens with one attached hydrogen (secondary N) is 1. The van der Waals surface area contributed by atoms with E-state index < -0.39 is 0 Å². The molecule has 2 aromatic rings. The minimum atomic E-state index is -0.222. The molecule has 1 aromatic carbocycles. The van der Waals surface area contributed by atoms with Crippen molar-refractivity contribution in [1.82, 2.24) is 15.3 Å². The van der Waals surface area contributed by atoms with E-state index in [0.717, 1.165) is 42.9 Å². The number of hydrogen-bond donors (Lipinski definition) is 1. The van der Waals surface area contributed by atoms with Crippen LogP contribution in [0.2, 0.25) is 0 Å². The van der Waals surface area contributed by atoms with Gasteiger partial charge in [0.15, 0.2) is 0 Å². The van der Waals surface area contributed by atoms with Crippen LogP contribution in [-0.4, -0.2) is 23.1 Å². The number of halogens is 1. The third-order valence-electron chi connectivity index (χ3n) is 3.24. The van der Waals surface area contributed by atoms with Gasteiger partial charge in [-0.05, 0) is 37.2 Å². The van der Waals surface area contributed by atoms with Gasteiger partial charge < -0.3 is 5.32 Å². The summed E-state index contributed by atoms with van der Waals surface area (Å²) in [7, 11) is 0. The lowest BCUT2D eigenvalue weighted by Crippen LogP contribution is -2.16. The fourth-order valence-corrected chi connectivity index (χ4v) is 2.33. The lowest BCUT2D eigenvalue weighted by atomic mass is 10.0. The fraction of sp³-hybridized carbons (Fsp3) is 0.286. The molecule has 3 nitrogen and oxygen atoms in total. The Morgan fingerprint density at radius 3 is 2.61 bits per heavy atom. The number of fused-ring (bicyclic) bond motifs is 1. The molecule has 1 aliphatic rings. The summed E-state index contributed by atoms with van der Waals surface area (Å²) >= 11 is 0. The Balaban J connectivity index is 2.09. The van der Waals surface area contributed by atoms with Gasteiger partial charge in [0, 0.05) is 29.8 Å². The number of hydrogen-bond acceptors (Lipinski definition) is 3. The van der Waals surface area contributed by atoms with Gasteiger partial charge in [-0.2, -0.15) is 0 Å². The molecular formula is C14H14FN3. The summed E-state index contributed by atoms with van der Waals surface area (Å²) < 4.78 is 13.0. The molecule has 1 aromatic heterocycles. The summed E-state index contributed by atoms with van der Waals surface area (Å²) in [5.41, 5.74) is 4.18. The number of aromatic nitrogens is 2. The maximum absolute atomic E-state index is 13.0. The molecule has 18 heavy (non-hydrogen) atoms. The zero-order valence-corrected chi connectivity index (χ0v) is 9.99. The van der Waals surface area contributed by atoms with Crippen molar-refractivity contribution in [2.75, 3.05) is 13.1 Å². The average Bonchev–Trinajstić information content (AvgIpc) is 2.64. The second-order valence-corrected chi connectivity index (χ2v) is 4.40. The van der Waals surface area contributed by atoms with Crippen LogP contribution in [0.25, 0.3) is 11.3 Å². The quantitative estimate of drug-likeness (QED) is 0.832. The second-order valence-electron chi connectivity index (χ2n) is 4.40. The third kappa shape index (κ3) is 2.11. The Hall–Kier alpha value is -1.81. The zero-order valence-electron chi connectivity index (χ0n) is 9.99. The van der Waals surface area contributed by atoms with E-state index in [1.54, 1.807) is 18.5 Å². The van der Waals surface area contributed by atoms with Crippen LogP contribution in [0, 0.1) is 5.82 Å². The highest BCUT2D eigenvalue weighted by Crippen LogP contribution is 2.24. The van der Waals surface area contributed by atoms with Crippen LogP contribution >= 0.6 is 0 Å². The molecular weight excluding hydrogens is 229 g/mol. The Kier molecular flexibility index (Phi) is 3.02. The van der Waals surface area contributed by atoms with Gasteiger partial charge in [-0.25, -0.2) is 14.4 Å². The highest BCUT2D eigenvalue weighted by Gasteiger charge is 2.14. The molecule has 2 heterocycles. The summed E-state index contributed by atoms with van der Waals surface area (Å²) in [6.45, 7) is 1.89. The predicted octanol–water partition coefficient (Wildman–Crippen LogP) is 1.97. The highest BCUT2D eigenvalue weighted by atomic mass is 19.1. The van der Waals surface area contributed by atoms with Gasteiger partial charge in [-0.3, -0.25) is 0 Å². The van der Waals surface area contributed by atoms with Crippen molar-refractivity contribution in [2.45, 2.75) is 12.8 Å². The number of nitrogens with zero attached hydrogens (tertiary/aromatic N) is 2. The molecule has 0 bridgehead atoms. The number of rotatable bonds is 1. The molecule has 92 valence electrons. The zero-order chi connectivity index (χ0) is 12.4. The van der Waals surface area contributed by atoms with E-state index >= 15 is 0 Å². The highest BCUT2D eigenvalue weighted by molar-refractivity contribution is 5.63. The molecule has 4 heteroatoms. The molecule has 0 radical (unpaired) electrons. The predicted molar refractivity (Wildman–Crippen MR) is 67.7 cm³/mol. The molecule has 0 unspecified atom stereocenters. The van der Waals surface area contributed by atoms with Crippen molar-refractivity contribution in [2.24, 2.45) is 0 Å². The summed E-state index contributed by atoms with van der Waals surface area (Å²) in [6.07, 6.45) is 3.44. The van der Waals surface area contributed by atoms with Crippen LogP contribution in [-0.2, 0) is 12.8 Å². The van der Waals surface area contributed by atoms with Crippen molar-refractivity contribution >= 4 is 0 Å². The van der Waals surface area contributed by atoms with E-state index in [4.69, 9.17) is 0 Å². The van der Waals surface area contributed by atoms with Gasteiger partial charge in [-0.1, -0.05) is 0 Å². The molecule has 0 aliphatic carbocycles. The SMILES string of the molecule is Fc1ccc(-c2ncnc3c2CCNCC3)cc1. The maximum atomic E-state index is 13.0. The Labute approximate surface area is 105 Å². The average molecular weight is 243 g/mol. The van der Waals surface area contributed by atoms with E-state index in [2.05, 4.69) is 15.3 Å². The van der Waals surface area contributed by atoms with Crippen molar-refractivity contribution in [3.05, 3.63) is 47.7 Å². The van der Waals surface area contributed by atoms with Gasteiger partial charge in [0.25, 0.3) is 0 Å². The Morgan fingerprint density at radius 2 is 1.78 bits per heavy atom. The summed E-state index contributed by atoms with van der Waals surface area (Å²) in [5.74, 6) is -0.222. The van der Waals surface area contributed by atoms with Gasteiger partial charge in [0.2, 0.25) is 0 Å². The first kappa shape index (κ1) is 11.3. The molecule has 1 aliphatic heterocycles. The first-order chi connectivity index (χ1) is 8.84. The largest absolute Gasteiger partial charge is 0.316 e. The first-order valence-corrected chi connectivity index (χ1v) is 6.14. The smallest absolute Gasteiger partial charge is 0.123 e. The summed E-state index contributed by atoms with van der Waals surface area (Å²) in [5, 5.41) is 3.35. The van der Waals surface area contributed by atoms with E-state index in [-0.39, 0.29) is 5.82 Å². The van der Waals surface area contributed by atoms with Crippen LogP contribution in [0.1, 0.15) is 11.3 Å². The summed E-state index contributed by atoms with van der Waals surface area (Å²) in [6, 6.07) is 6.49. The van der Waals surface area contributed by atoms with Gasteiger partial charge in [0.1, 0.15) is 12.1 Å². The van der Waals surface area contributed by atoms with Crippen molar-refractivity contribution in [3.63, 3.8) is 0 Å². The van der Waals surface area contributed by atoms with Gasteiger partial charge in [0.05, 0.1) is 5.69 Å². The van der Waals surface area contributed by atoms with E-state index in [1.807, 2.05) is 0 Å². The van der Waals surface area contributed by atoms with Gasteiger partial charge in [-0.15, -0.1) is 0 Å². The molecule has 0 saturated carbocycles. The normalized spacial score (nSPS) is 14.9. The molecule has 0 spiro atoms. The summed E-state index contributed by atoms with van der Waals surface area (Å²) in [4.78, 5) is 8.73. The molecule has 0 saturated heterocycles. The van der Waals surface area contributed by atoms with Crippen molar-refractivity contribution < 1.29 is 4.39 Å². The molecule has 0 amide bonds. The molecule has 0 fully saturated rings. The van der Waals surface area contributed by atoms with Crippen molar-refractivity contribution in [1.29, 1.82) is 0 Å². The number of benzene rings is 1. The molecule has 1 N–H and O–H groups in total. The minimum Gasteiger partial charge on any atom is -0.316 e. The molecule has 0 atom stereocenters.